The molecule has 0 heterocycles. The van der Waals surface area contributed by atoms with E-state index in [1.165, 1.54) is 321 Å². The Bertz CT molecular complexity index is 1370. The molecule has 0 aromatic heterocycles. The number of carbonyl (C=O) groups is 2. The molecule has 0 spiro atoms. The first-order valence-corrected chi connectivity index (χ1v) is 36.9. The van der Waals surface area contributed by atoms with Gasteiger partial charge in [-0.15, -0.1) is 0 Å². The van der Waals surface area contributed by atoms with Crippen molar-refractivity contribution in [3.63, 3.8) is 0 Å². The summed E-state index contributed by atoms with van der Waals surface area (Å²) in [6, 6.07) is -0.627. The van der Waals surface area contributed by atoms with Crippen LogP contribution in [0.15, 0.2) is 48.6 Å². The molecule has 0 fully saturated rings. The maximum atomic E-state index is 12.5. The Labute approximate surface area is 512 Å². The Balaban J connectivity index is 3.36. The molecule has 0 bridgehead atoms. The van der Waals surface area contributed by atoms with E-state index in [4.69, 9.17) is 4.74 Å². The summed E-state index contributed by atoms with van der Waals surface area (Å²) in [5, 5.41) is 23.2. The molecule has 3 N–H and O–H groups in total. The Morgan fingerprint density at radius 1 is 0.341 bits per heavy atom. The van der Waals surface area contributed by atoms with E-state index in [0.29, 0.717) is 19.4 Å². The molecule has 0 aliphatic carbocycles. The topological polar surface area (TPSA) is 95.9 Å². The van der Waals surface area contributed by atoms with Gasteiger partial charge in [0.1, 0.15) is 0 Å². The standard InChI is InChI=1S/C76H143NO5/c1-3-5-7-9-11-13-15-17-19-20-34-38-42-46-50-54-58-62-66-70-76(81)82-71-67-63-59-55-51-47-43-39-36-33-31-29-27-25-23-21-22-24-26-28-30-32-35-37-41-45-49-53-57-61-65-69-75(80)77-73(72-78)74(79)68-64-60-56-52-48-44-40-18-16-14-12-10-8-6-4-2/h11,13,17,19,23,25,64,68,73-74,78-79H,3-10,12,14-16,18,20-22,24,26-63,65-67,69-72H2,1-2H3,(H,77,80)/b13-11-,19-17-,25-23-,68-64+. The number of aliphatic hydroxyl groups is 2. The maximum Gasteiger partial charge on any atom is 0.305 e. The first-order valence-electron chi connectivity index (χ1n) is 36.9. The monoisotopic (exact) mass is 1150 g/mol. The van der Waals surface area contributed by atoms with Crippen molar-refractivity contribution in [2.75, 3.05) is 13.2 Å². The molecule has 0 aliphatic rings. The molecular weight excluding hydrogens is 1010 g/mol. The number of aliphatic hydroxyl groups excluding tert-OH is 2. The van der Waals surface area contributed by atoms with Gasteiger partial charge in [0, 0.05) is 12.8 Å². The van der Waals surface area contributed by atoms with Crippen LogP contribution >= 0.6 is 0 Å². The zero-order valence-corrected chi connectivity index (χ0v) is 55.2. The van der Waals surface area contributed by atoms with Crippen molar-refractivity contribution >= 4 is 11.9 Å². The van der Waals surface area contributed by atoms with Gasteiger partial charge in [0.15, 0.2) is 0 Å². The number of hydrogen-bond acceptors (Lipinski definition) is 5. The lowest BCUT2D eigenvalue weighted by atomic mass is 10.0. The first-order chi connectivity index (χ1) is 40.5. The molecule has 1 amide bonds. The quantitative estimate of drug-likeness (QED) is 0.0320. The van der Waals surface area contributed by atoms with E-state index in [1.807, 2.05) is 6.08 Å². The minimum absolute atomic E-state index is 0.0138. The summed E-state index contributed by atoms with van der Waals surface area (Å²) in [7, 11) is 0. The normalized spacial score (nSPS) is 12.8. The van der Waals surface area contributed by atoms with Gasteiger partial charge >= 0.3 is 5.97 Å². The van der Waals surface area contributed by atoms with Crippen LogP contribution in [0.4, 0.5) is 0 Å². The number of nitrogens with one attached hydrogen (secondary N) is 1. The molecule has 0 radical (unpaired) electrons. The third kappa shape index (κ3) is 67.0. The number of ether oxygens (including phenoxy) is 1. The van der Waals surface area contributed by atoms with E-state index in [9.17, 15) is 19.8 Å². The lowest BCUT2D eigenvalue weighted by Crippen LogP contribution is -2.45. The summed E-state index contributed by atoms with van der Waals surface area (Å²) in [6.07, 6.45) is 93.5. The Morgan fingerprint density at radius 2 is 0.610 bits per heavy atom. The zero-order valence-electron chi connectivity index (χ0n) is 55.2. The smallest absolute Gasteiger partial charge is 0.305 e. The molecule has 482 valence electrons. The molecule has 2 unspecified atom stereocenters. The zero-order chi connectivity index (χ0) is 59.2. The number of esters is 1. The average Bonchev–Trinajstić information content (AvgIpc) is 3.48. The SMILES string of the molecule is CCCCC/C=C\C/C=C\CCCCCCCCCCCC(=O)OCCCCCCCCCCCCCC/C=C\CCCCCCCCCCCCCCCCCC(=O)NC(CO)C(O)/C=C/CCCCCCCCCCCCCCC. The van der Waals surface area contributed by atoms with Crippen LogP contribution in [-0.2, 0) is 14.3 Å². The van der Waals surface area contributed by atoms with E-state index in [1.54, 1.807) is 6.08 Å². The molecule has 0 saturated heterocycles. The number of carbonyl (C=O) groups excluding carboxylic acids is 2. The van der Waals surface area contributed by atoms with E-state index < -0.39 is 12.1 Å². The maximum absolute atomic E-state index is 12.5. The van der Waals surface area contributed by atoms with Crippen molar-refractivity contribution in [2.45, 2.75) is 411 Å². The predicted molar refractivity (Wildman–Crippen MR) is 361 cm³/mol. The van der Waals surface area contributed by atoms with Crippen LogP contribution in [0.3, 0.4) is 0 Å². The van der Waals surface area contributed by atoms with Gasteiger partial charge in [0.05, 0.1) is 25.4 Å². The number of allylic oxidation sites excluding steroid dienone is 7. The lowest BCUT2D eigenvalue weighted by molar-refractivity contribution is -0.143. The predicted octanol–water partition coefficient (Wildman–Crippen LogP) is 24.0. The molecule has 0 aromatic rings. The summed E-state index contributed by atoms with van der Waals surface area (Å²) in [6.45, 7) is 4.91. The molecule has 0 aromatic carbocycles. The average molecular weight is 1150 g/mol. The number of amides is 1. The lowest BCUT2D eigenvalue weighted by Gasteiger charge is -2.20. The molecule has 0 saturated carbocycles. The van der Waals surface area contributed by atoms with E-state index in [2.05, 4.69) is 55.6 Å². The molecule has 6 nitrogen and oxygen atoms in total. The fourth-order valence-corrected chi connectivity index (χ4v) is 11.4. The Hall–Kier alpha value is -2.18. The largest absolute Gasteiger partial charge is 0.466 e. The van der Waals surface area contributed by atoms with Crippen molar-refractivity contribution in [1.29, 1.82) is 0 Å². The van der Waals surface area contributed by atoms with Crippen LogP contribution < -0.4 is 5.32 Å². The second kappa shape index (κ2) is 71.3. The number of rotatable bonds is 69. The van der Waals surface area contributed by atoms with Gasteiger partial charge in [0.25, 0.3) is 0 Å². The number of unbranched alkanes of at least 4 members (excludes halogenated alkanes) is 52. The highest BCUT2D eigenvalue weighted by molar-refractivity contribution is 5.76. The van der Waals surface area contributed by atoms with Gasteiger partial charge in [-0.1, -0.05) is 345 Å². The summed E-state index contributed by atoms with van der Waals surface area (Å²) in [4.78, 5) is 24.6. The van der Waals surface area contributed by atoms with Crippen molar-refractivity contribution in [2.24, 2.45) is 0 Å². The third-order valence-electron chi connectivity index (χ3n) is 17.1. The van der Waals surface area contributed by atoms with E-state index in [-0.39, 0.29) is 18.5 Å². The van der Waals surface area contributed by atoms with Crippen LogP contribution in [-0.4, -0.2) is 47.4 Å². The van der Waals surface area contributed by atoms with Crippen LogP contribution in [0.5, 0.6) is 0 Å². The van der Waals surface area contributed by atoms with Crippen LogP contribution in [0.1, 0.15) is 399 Å². The van der Waals surface area contributed by atoms with E-state index in [0.717, 1.165) is 51.4 Å². The summed E-state index contributed by atoms with van der Waals surface area (Å²) < 4.78 is 5.51. The highest BCUT2D eigenvalue weighted by atomic mass is 16.5. The highest BCUT2D eigenvalue weighted by Gasteiger charge is 2.18. The van der Waals surface area contributed by atoms with Crippen LogP contribution in [0.2, 0.25) is 0 Å². The van der Waals surface area contributed by atoms with Gasteiger partial charge < -0.3 is 20.3 Å². The minimum Gasteiger partial charge on any atom is -0.466 e. The van der Waals surface area contributed by atoms with E-state index >= 15 is 0 Å². The van der Waals surface area contributed by atoms with Crippen LogP contribution in [0, 0.1) is 0 Å². The van der Waals surface area contributed by atoms with Crippen molar-refractivity contribution in [3.8, 4) is 0 Å². The minimum atomic E-state index is -0.843. The molecule has 0 aliphatic heterocycles. The first kappa shape index (κ1) is 79.8. The third-order valence-corrected chi connectivity index (χ3v) is 17.1. The molecule has 2 atom stereocenters. The van der Waals surface area contributed by atoms with Crippen LogP contribution in [0.25, 0.3) is 0 Å². The second-order valence-electron chi connectivity index (χ2n) is 25.3. The fourth-order valence-electron chi connectivity index (χ4n) is 11.4. The van der Waals surface area contributed by atoms with Gasteiger partial charge in [-0.25, -0.2) is 0 Å². The number of hydrogen-bond donors (Lipinski definition) is 3. The Morgan fingerprint density at radius 3 is 0.963 bits per heavy atom. The highest BCUT2D eigenvalue weighted by Crippen LogP contribution is 2.18. The van der Waals surface area contributed by atoms with Crippen molar-refractivity contribution in [1.82, 2.24) is 5.32 Å². The molecular formula is C76H143NO5. The fraction of sp³-hybridized carbons (Fsp3) is 0.868. The molecule has 0 rings (SSSR count). The van der Waals surface area contributed by atoms with Gasteiger partial charge in [-0.2, -0.15) is 0 Å². The van der Waals surface area contributed by atoms with Crippen molar-refractivity contribution < 1.29 is 24.5 Å². The van der Waals surface area contributed by atoms with Gasteiger partial charge in [0.2, 0.25) is 5.91 Å². The summed E-state index contributed by atoms with van der Waals surface area (Å²) in [5.74, 6) is -0.0501. The Kier molecular flexibility index (Phi) is 69.4. The second-order valence-corrected chi connectivity index (χ2v) is 25.3. The molecule has 6 heteroatoms. The summed E-state index contributed by atoms with van der Waals surface area (Å²) >= 11 is 0. The molecule has 82 heavy (non-hydrogen) atoms. The van der Waals surface area contributed by atoms with Gasteiger partial charge in [-0.05, 0) is 89.9 Å². The van der Waals surface area contributed by atoms with Crippen molar-refractivity contribution in [3.05, 3.63) is 48.6 Å². The summed E-state index contributed by atoms with van der Waals surface area (Å²) in [5.41, 5.74) is 0. The van der Waals surface area contributed by atoms with Gasteiger partial charge in [-0.3, -0.25) is 9.59 Å².